The standard InChI is InChI=1S/C23H28N2O7/c1-12(26)21(29)24-9-6-17(28)31-15-5-7-23(30)16-11-13-3-4-14(27)19-18(13)22(23,20(15)32-19)8-10-25(16)2/h3-5,12,16,20,26-27,30H,6-11H2,1-2H3,(H,24,29)/t12-,16+,20?,22?,23+/m0/s1. The molecule has 2 bridgehead atoms. The zero-order valence-electron chi connectivity index (χ0n) is 18.1. The van der Waals surface area contributed by atoms with Gasteiger partial charge >= 0.3 is 5.97 Å². The number of hydrogen-bond acceptors (Lipinski definition) is 8. The first-order valence-electron chi connectivity index (χ1n) is 11.0. The molecule has 9 nitrogen and oxygen atoms in total. The number of carbonyl (C=O) groups excluding carboxylic acids is 2. The van der Waals surface area contributed by atoms with E-state index in [1.807, 2.05) is 13.1 Å². The van der Waals surface area contributed by atoms with Gasteiger partial charge in [-0.25, -0.2) is 0 Å². The van der Waals surface area contributed by atoms with E-state index in [1.165, 1.54) is 6.92 Å². The van der Waals surface area contributed by atoms with Crippen molar-refractivity contribution >= 4 is 11.9 Å². The number of carbonyl (C=O) groups is 2. The lowest BCUT2D eigenvalue weighted by molar-refractivity contribution is -0.169. The average Bonchev–Trinajstić information content (AvgIpc) is 3.10. The molecule has 32 heavy (non-hydrogen) atoms. The number of benzene rings is 1. The number of amides is 1. The summed E-state index contributed by atoms with van der Waals surface area (Å²) in [5.41, 5.74) is -0.0515. The highest BCUT2D eigenvalue weighted by molar-refractivity contribution is 5.80. The maximum Gasteiger partial charge on any atom is 0.312 e. The summed E-state index contributed by atoms with van der Waals surface area (Å²) in [6.45, 7) is 2.13. The van der Waals surface area contributed by atoms with Crippen molar-refractivity contribution in [3.05, 3.63) is 35.1 Å². The number of aromatic hydroxyl groups is 1. The molecule has 2 unspecified atom stereocenters. The Hall–Kier alpha value is -2.62. The van der Waals surface area contributed by atoms with E-state index >= 15 is 0 Å². The largest absolute Gasteiger partial charge is 0.504 e. The van der Waals surface area contributed by atoms with Gasteiger partial charge in [0.2, 0.25) is 5.91 Å². The number of rotatable bonds is 5. The highest BCUT2D eigenvalue weighted by Crippen LogP contribution is 2.65. The second-order valence-corrected chi connectivity index (χ2v) is 9.29. The molecule has 5 rings (SSSR count). The fraction of sp³-hybridized carbons (Fsp3) is 0.565. The molecule has 1 fully saturated rings. The Kier molecular flexibility index (Phi) is 4.77. The molecule has 2 aliphatic carbocycles. The molecule has 1 amide bonds. The Morgan fingerprint density at radius 3 is 2.94 bits per heavy atom. The van der Waals surface area contributed by atoms with Crippen LogP contribution in [0.15, 0.2) is 24.0 Å². The quantitative estimate of drug-likeness (QED) is 0.471. The molecule has 0 aromatic heterocycles. The number of hydrogen-bond donors (Lipinski definition) is 4. The summed E-state index contributed by atoms with van der Waals surface area (Å²) in [5, 5.41) is 34.2. The van der Waals surface area contributed by atoms with E-state index < -0.39 is 35.1 Å². The topological polar surface area (TPSA) is 129 Å². The summed E-state index contributed by atoms with van der Waals surface area (Å²) >= 11 is 0. The van der Waals surface area contributed by atoms with Crippen molar-refractivity contribution in [3.63, 3.8) is 0 Å². The molecular weight excluding hydrogens is 416 g/mol. The zero-order valence-corrected chi connectivity index (χ0v) is 18.1. The normalized spacial score (nSPS) is 32.9. The molecule has 1 aromatic carbocycles. The summed E-state index contributed by atoms with van der Waals surface area (Å²) in [6, 6.07) is 3.39. The maximum atomic E-state index is 12.5. The van der Waals surface area contributed by atoms with Crippen LogP contribution in [0.3, 0.4) is 0 Å². The van der Waals surface area contributed by atoms with E-state index in [4.69, 9.17) is 9.47 Å². The van der Waals surface area contributed by atoms with Gasteiger partial charge in [0.15, 0.2) is 17.6 Å². The Morgan fingerprint density at radius 1 is 1.41 bits per heavy atom. The number of aliphatic hydroxyl groups is 2. The van der Waals surface area contributed by atoms with Crippen molar-refractivity contribution < 1.29 is 34.4 Å². The lowest BCUT2D eigenvalue weighted by Crippen LogP contribution is -2.74. The third-order valence-corrected chi connectivity index (χ3v) is 7.59. The van der Waals surface area contributed by atoms with E-state index in [1.54, 1.807) is 12.1 Å². The SMILES string of the molecule is C[C@H](O)C(=O)NCCC(=O)OC1=CC[C@@]2(O)[C@H]3Cc4ccc(O)c5c4C2(CCN3C)C1O5. The van der Waals surface area contributed by atoms with Gasteiger partial charge in [0.1, 0.15) is 11.9 Å². The van der Waals surface area contributed by atoms with Crippen molar-refractivity contribution in [1.29, 1.82) is 0 Å². The smallest absolute Gasteiger partial charge is 0.312 e. The van der Waals surface area contributed by atoms with Gasteiger partial charge in [-0.05, 0) is 51.1 Å². The van der Waals surface area contributed by atoms with Crippen LogP contribution in [0.25, 0.3) is 0 Å². The Bertz CT molecular complexity index is 1020. The minimum atomic E-state index is -1.15. The molecule has 0 radical (unpaired) electrons. The molecule has 5 atom stereocenters. The maximum absolute atomic E-state index is 12.5. The van der Waals surface area contributed by atoms with E-state index in [9.17, 15) is 24.9 Å². The molecule has 2 heterocycles. The predicted molar refractivity (Wildman–Crippen MR) is 112 cm³/mol. The zero-order chi connectivity index (χ0) is 22.8. The summed E-state index contributed by atoms with van der Waals surface area (Å²) < 4.78 is 11.9. The van der Waals surface area contributed by atoms with Crippen LogP contribution in [0, 0.1) is 0 Å². The van der Waals surface area contributed by atoms with Gasteiger partial charge in [0.05, 0.1) is 17.4 Å². The molecule has 9 heteroatoms. The van der Waals surface area contributed by atoms with Crippen LogP contribution in [0.1, 0.15) is 37.3 Å². The number of piperidine rings is 1. The van der Waals surface area contributed by atoms with Crippen LogP contribution in [-0.4, -0.2) is 76.1 Å². The molecule has 4 N–H and O–H groups in total. The molecule has 1 saturated heterocycles. The number of nitrogens with one attached hydrogen (secondary N) is 1. The molecule has 1 aromatic rings. The van der Waals surface area contributed by atoms with Crippen molar-refractivity contribution in [2.45, 2.75) is 61.9 Å². The number of likely N-dealkylation sites (tertiary alicyclic amines) is 1. The Morgan fingerprint density at radius 2 is 2.19 bits per heavy atom. The molecule has 4 aliphatic rings. The first kappa shape index (κ1) is 21.2. The van der Waals surface area contributed by atoms with E-state index in [2.05, 4.69) is 10.2 Å². The molecule has 1 spiro atoms. The number of aliphatic hydroxyl groups excluding tert-OH is 1. The second-order valence-electron chi connectivity index (χ2n) is 9.29. The third-order valence-electron chi connectivity index (χ3n) is 7.59. The number of likely N-dealkylation sites (N-methyl/N-ethyl adjacent to an activating group) is 1. The van der Waals surface area contributed by atoms with Crippen LogP contribution < -0.4 is 10.1 Å². The molecular formula is C23H28N2O7. The van der Waals surface area contributed by atoms with Gasteiger partial charge in [0, 0.05) is 24.6 Å². The predicted octanol–water partition coefficient (Wildman–Crippen LogP) is 0.100. The van der Waals surface area contributed by atoms with E-state index in [0.717, 1.165) is 17.7 Å². The van der Waals surface area contributed by atoms with Gasteiger partial charge in [-0.15, -0.1) is 0 Å². The molecule has 2 aliphatic heterocycles. The number of ether oxygens (including phenoxy) is 2. The van der Waals surface area contributed by atoms with Crippen molar-refractivity contribution in [2.24, 2.45) is 0 Å². The monoisotopic (exact) mass is 444 g/mol. The summed E-state index contributed by atoms with van der Waals surface area (Å²) in [6.07, 6.45) is 1.32. The Balaban J connectivity index is 1.45. The summed E-state index contributed by atoms with van der Waals surface area (Å²) in [4.78, 5) is 26.2. The molecule has 0 saturated carbocycles. The number of phenols is 1. The van der Waals surface area contributed by atoms with Crippen molar-refractivity contribution in [2.75, 3.05) is 20.1 Å². The van der Waals surface area contributed by atoms with Crippen molar-refractivity contribution in [1.82, 2.24) is 10.2 Å². The van der Waals surface area contributed by atoms with Gasteiger partial charge < -0.3 is 35.0 Å². The lowest BCUT2D eigenvalue weighted by Gasteiger charge is -2.61. The fourth-order valence-electron chi connectivity index (χ4n) is 6.06. The van der Waals surface area contributed by atoms with Gasteiger partial charge in [0.25, 0.3) is 0 Å². The fourth-order valence-corrected chi connectivity index (χ4v) is 6.06. The highest BCUT2D eigenvalue weighted by Gasteiger charge is 2.72. The van der Waals surface area contributed by atoms with E-state index in [-0.39, 0.29) is 24.8 Å². The first-order chi connectivity index (χ1) is 15.2. The van der Waals surface area contributed by atoms with Gasteiger partial charge in [-0.1, -0.05) is 6.07 Å². The number of esters is 1. The average molecular weight is 444 g/mol. The summed E-state index contributed by atoms with van der Waals surface area (Å²) in [7, 11) is 2.01. The van der Waals surface area contributed by atoms with Crippen LogP contribution in [0.2, 0.25) is 0 Å². The third kappa shape index (κ3) is 2.74. The van der Waals surface area contributed by atoms with Crippen molar-refractivity contribution in [3.8, 4) is 11.5 Å². The van der Waals surface area contributed by atoms with Gasteiger partial charge in [-0.3, -0.25) is 9.59 Å². The molecule has 172 valence electrons. The van der Waals surface area contributed by atoms with Crippen LogP contribution in [0.4, 0.5) is 0 Å². The van der Waals surface area contributed by atoms with E-state index in [0.29, 0.717) is 30.8 Å². The second kappa shape index (κ2) is 7.19. The highest BCUT2D eigenvalue weighted by atomic mass is 16.6. The number of phenolic OH excluding ortho intramolecular Hbond substituents is 1. The van der Waals surface area contributed by atoms with Crippen LogP contribution in [0.5, 0.6) is 11.5 Å². The lowest BCUT2D eigenvalue weighted by atomic mass is 9.50. The Labute approximate surface area is 185 Å². The van der Waals surface area contributed by atoms with Gasteiger partial charge in [-0.2, -0.15) is 0 Å². The summed E-state index contributed by atoms with van der Waals surface area (Å²) in [5.74, 6) is -0.405. The first-order valence-corrected chi connectivity index (χ1v) is 11.0. The number of nitrogens with zero attached hydrogens (tertiary/aromatic N) is 1. The van der Waals surface area contributed by atoms with Crippen LogP contribution >= 0.6 is 0 Å². The van der Waals surface area contributed by atoms with Crippen LogP contribution in [-0.2, 0) is 26.2 Å². The minimum Gasteiger partial charge on any atom is -0.504 e. The minimum absolute atomic E-state index is 0.0127.